The lowest BCUT2D eigenvalue weighted by atomic mass is 10.6. The zero-order valence-corrected chi connectivity index (χ0v) is 5.34. The van der Waals surface area contributed by atoms with E-state index in [1.807, 2.05) is 0 Å². The minimum absolute atomic E-state index is 0.481. The molecular weight excluding hydrogens is 118 g/mol. The third-order valence-electron chi connectivity index (χ3n) is 0.368. The van der Waals surface area contributed by atoms with E-state index in [1.54, 1.807) is 0 Å². The minimum Gasteiger partial charge on any atom is -0.366 e. The van der Waals surface area contributed by atoms with Gasteiger partial charge >= 0.3 is 0 Å². The standard InChI is InChI=1S/C3H5NO.C2H8N2/c1-2-3(4)5;3-1-2-4/h2H,1H2,(H2,4,5);1-4H2. The predicted molar refractivity (Wildman–Crippen MR) is 37.5 cm³/mol. The largest absolute Gasteiger partial charge is 0.366 e. The summed E-state index contributed by atoms with van der Waals surface area (Å²) in [7, 11) is 0. The van der Waals surface area contributed by atoms with E-state index in [9.17, 15) is 4.79 Å². The molecule has 0 rings (SSSR count). The smallest absolute Gasteiger partial charge is 0.240 e. The molecule has 0 unspecified atom stereocenters. The van der Waals surface area contributed by atoms with Crippen molar-refractivity contribution in [3.63, 3.8) is 0 Å². The third-order valence-corrected chi connectivity index (χ3v) is 0.368. The Bertz CT molecular complexity index is 80.3. The molecule has 0 radical (unpaired) electrons. The lowest BCUT2D eigenvalue weighted by Crippen LogP contribution is -2.11. The number of hydrogen-bond acceptors (Lipinski definition) is 3. The van der Waals surface area contributed by atoms with Crippen LogP contribution in [0.3, 0.4) is 0 Å². The Labute approximate surface area is 54.7 Å². The van der Waals surface area contributed by atoms with E-state index in [0.717, 1.165) is 6.08 Å². The lowest BCUT2D eigenvalue weighted by Gasteiger charge is -1.72. The highest BCUT2D eigenvalue weighted by molar-refractivity contribution is 5.84. The Morgan fingerprint density at radius 3 is 1.67 bits per heavy atom. The number of carbonyl (C=O) groups is 1. The van der Waals surface area contributed by atoms with Crippen molar-refractivity contribution in [2.24, 2.45) is 17.2 Å². The Balaban J connectivity index is 0. The Hall–Kier alpha value is -0.870. The first-order chi connectivity index (χ1) is 4.18. The molecule has 0 spiro atoms. The van der Waals surface area contributed by atoms with Crippen LogP contribution in [0, 0.1) is 0 Å². The van der Waals surface area contributed by atoms with E-state index in [4.69, 9.17) is 11.5 Å². The highest BCUT2D eigenvalue weighted by atomic mass is 16.1. The molecular formula is C5H13N3O. The second-order valence-corrected chi connectivity index (χ2v) is 1.18. The van der Waals surface area contributed by atoms with Crippen LogP contribution >= 0.6 is 0 Å². The molecule has 4 heteroatoms. The van der Waals surface area contributed by atoms with Crippen LogP contribution in [0.15, 0.2) is 12.7 Å². The fourth-order valence-electron chi connectivity index (χ4n) is 0. The summed E-state index contributed by atoms with van der Waals surface area (Å²) in [6.45, 7) is 4.28. The van der Waals surface area contributed by atoms with Crippen LogP contribution in [-0.4, -0.2) is 19.0 Å². The molecule has 0 aromatic carbocycles. The van der Waals surface area contributed by atoms with Gasteiger partial charge < -0.3 is 17.2 Å². The van der Waals surface area contributed by atoms with Gasteiger partial charge in [0.25, 0.3) is 0 Å². The van der Waals surface area contributed by atoms with Gasteiger partial charge in [0.1, 0.15) is 0 Å². The minimum atomic E-state index is -0.481. The van der Waals surface area contributed by atoms with Gasteiger partial charge in [0.2, 0.25) is 5.91 Å². The number of rotatable bonds is 2. The van der Waals surface area contributed by atoms with Crippen molar-refractivity contribution >= 4 is 5.91 Å². The normalized spacial score (nSPS) is 6.89. The van der Waals surface area contributed by atoms with E-state index < -0.39 is 5.91 Å². The van der Waals surface area contributed by atoms with E-state index in [1.165, 1.54) is 0 Å². The zero-order chi connectivity index (χ0) is 7.70. The number of primary amides is 1. The van der Waals surface area contributed by atoms with E-state index in [2.05, 4.69) is 12.3 Å². The SMILES string of the molecule is C=CC(N)=O.NCCN. The summed E-state index contributed by atoms with van der Waals surface area (Å²) >= 11 is 0. The van der Waals surface area contributed by atoms with Crippen LogP contribution < -0.4 is 17.2 Å². The van der Waals surface area contributed by atoms with E-state index >= 15 is 0 Å². The summed E-state index contributed by atoms with van der Waals surface area (Å²) < 4.78 is 0. The molecule has 0 heterocycles. The van der Waals surface area contributed by atoms with Crippen LogP contribution in [-0.2, 0) is 4.79 Å². The molecule has 0 aliphatic rings. The molecule has 0 aromatic rings. The summed E-state index contributed by atoms with van der Waals surface area (Å²) in [6.07, 6.45) is 1.06. The first kappa shape index (κ1) is 11.0. The Kier molecular flexibility index (Phi) is 12.4. The summed E-state index contributed by atoms with van der Waals surface area (Å²) in [5, 5.41) is 0. The van der Waals surface area contributed by atoms with Crippen molar-refractivity contribution in [1.82, 2.24) is 0 Å². The third kappa shape index (κ3) is 41.4. The molecule has 0 aliphatic carbocycles. The van der Waals surface area contributed by atoms with Crippen LogP contribution in [0.5, 0.6) is 0 Å². The molecule has 0 aliphatic heterocycles. The van der Waals surface area contributed by atoms with Crippen LogP contribution in [0.4, 0.5) is 0 Å². The highest BCUT2D eigenvalue weighted by Gasteiger charge is 1.69. The maximum atomic E-state index is 9.47. The van der Waals surface area contributed by atoms with Gasteiger partial charge in [0, 0.05) is 13.1 Å². The van der Waals surface area contributed by atoms with Crippen molar-refractivity contribution in [2.45, 2.75) is 0 Å². The molecule has 1 amide bonds. The van der Waals surface area contributed by atoms with Crippen molar-refractivity contribution in [1.29, 1.82) is 0 Å². The molecule has 0 saturated heterocycles. The van der Waals surface area contributed by atoms with Crippen molar-refractivity contribution in [3.8, 4) is 0 Å². The predicted octanol–water partition coefficient (Wildman–Crippen LogP) is -1.44. The first-order valence-electron chi connectivity index (χ1n) is 2.51. The van der Waals surface area contributed by atoms with Gasteiger partial charge in [-0.15, -0.1) is 0 Å². The second-order valence-electron chi connectivity index (χ2n) is 1.18. The molecule has 9 heavy (non-hydrogen) atoms. The second kappa shape index (κ2) is 10.2. The van der Waals surface area contributed by atoms with Gasteiger partial charge in [-0.3, -0.25) is 4.79 Å². The quantitative estimate of drug-likeness (QED) is 0.400. The fraction of sp³-hybridized carbons (Fsp3) is 0.400. The van der Waals surface area contributed by atoms with Crippen molar-refractivity contribution in [2.75, 3.05) is 13.1 Å². The van der Waals surface area contributed by atoms with Crippen LogP contribution in [0.25, 0.3) is 0 Å². The first-order valence-corrected chi connectivity index (χ1v) is 2.51. The van der Waals surface area contributed by atoms with Gasteiger partial charge in [-0.1, -0.05) is 6.58 Å². The molecule has 0 aromatic heterocycles. The molecule has 0 bridgehead atoms. The zero-order valence-electron chi connectivity index (χ0n) is 5.34. The van der Waals surface area contributed by atoms with Gasteiger partial charge in [-0.2, -0.15) is 0 Å². The van der Waals surface area contributed by atoms with E-state index in [0.29, 0.717) is 13.1 Å². The number of nitrogens with two attached hydrogens (primary N) is 3. The summed E-state index contributed by atoms with van der Waals surface area (Å²) in [6, 6.07) is 0. The number of hydrogen-bond donors (Lipinski definition) is 3. The van der Waals surface area contributed by atoms with Crippen molar-refractivity contribution < 1.29 is 4.79 Å². The van der Waals surface area contributed by atoms with Gasteiger partial charge in [0.05, 0.1) is 0 Å². The topological polar surface area (TPSA) is 95.1 Å². The average Bonchev–Trinajstić information content (AvgIpc) is 1.89. The van der Waals surface area contributed by atoms with E-state index in [-0.39, 0.29) is 0 Å². The Morgan fingerprint density at radius 2 is 1.67 bits per heavy atom. The van der Waals surface area contributed by atoms with Gasteiger partial charge in [0.15, 0.2) is 0 Å². The number of amides is 1. The average molecular weight is 131 g/mol. The van der Waals surface area contributed by atoms with Gasteiger partial charge in [-0.25, -0.2) is 0 Å². The van der Waals surface area contributed by atoms with Crippen LogP contribution in [0.1, 0.15) is 0 Å². The molecule has 4 nitrogen and oxygen atoms in total. The lowest BCUT2D eigenvalue weighted by molar-refractivity contribution is -0.113. The molecule has 0 saturated carbocycles. The Morgan fingerprint density at radius 1 is 1.44 bits per heavy atom. The summed E-state index contributed by atoms with van der Waals surface area (Å²) in [4.78, 5) is 9.47. The van der Waals surface area contributed by atoms with Gasteiger partial charge in [-0.05, 0) is 6.08 Å². The molecule has 6 N–H and O–H groups in total. The fourth-order valence-corrected chi connectivity index (χ4v) is 0. The maximum absolute atomic E-state index is 9.47. The highest BCUT2D eigenvalue weighted by Crippen LogP contribution is 1.48. The van der Waals surface area contributed by atoms with Crippen LogP contribution in [0.2, 0.25) is 0 Å². The number of carbonyl (C=O) groups excluding carboxylic acids is 1. The maximum Gasteiger partial charge on any atom is 0.240 e. The molecule has 0 fully saturated rings. The monoisotopic (exact) mass is 131 g/mol. The summed E-state index contributed by atoms with van der Waals surface area (Å²) in [5.41, 5.74) is 14.3. The molecule has 54 valence electrons. The molecule has 0 atom stereocenters. The van der Waals surface area contributed by atoms with Crippen molar-refractivity contribution in [3.05, 3.63) is 12.7 Å². The summed E-state index contributed by atoms with van der Waals surface area (Å²) in [5.74, 6) is -0.481.